The van der Waals surface area contributed by atoms with E-state index in [-0.39, 0.29) is 5.91 Å². The molecule has 3 heterocycles. The van der Waals surface area contributed by atoms with E-state index in [4.69, 9.17) is 21.3 Å². The molecule has 4 aromatic rings. The summed E-state index contributed by atoms with van der Waals surface area (Å²) in [6.45, 7) is 5.09. The van der Waals surface area contributed by atoms with E-state index in [0.29, 0.717) is 16.3 Å². The normalized spacial score (nSPS) is 13.8. The van der Waals surface area contributed by atoms with Crippen molar-refractivity contribution >= 4 is 55.4 Å². The number of likely N-dealkylation sites (N-methyl/N-ethyl adjacent to an activating group) is 1. The second-order valence-corrected chi connectivity index (χ2v) is 10.2. The van der Waals surface area contributed by atoms with Gasteiger partial charge in [-0.15, -0.1) is 22.7 Å². The molecule has 2 aromatic carbocycles. The fourth-order valence-electron chi connectivity index (χ4n) is 4.05. The quantitative estimate of drug-likeness (QED) is 0.361. The van der Waals surface area contributed by atoms with Crippen LogP contribution in [0.2, 0.25) is 5.02 Å². The highest BCUT2D eigenvalue weighted by Gasteiger charge is 2.28. The van der Waals surface area contributed by atoms with E-state index in [1.807, 2.05) is 18.2 Å². The zero-order valence-corrected chi connectivity index (χ0v) is 20.2. The molecule has 2 aromatic heterocycles. The number of methoxy groups -OCH3 is 1. The van der Waals surface area contributed by atoms with Crippen LogP contribution in [0.5, 0.6) is 5.75 Å². The molecular weight excluding hydrogens is 462 g/mol. The van der Waals surface area contributed by atoms with Gasteiger partial charge in [0.1, 0.15) is 15.8 Å². The van der Waals surface area contributed by atoms with Crippen molar-refractivity contribution in [3.63, 3.8) is 0 Å². The molecular formula is C24H22ClN3O2S2. The number of hydrogen-bond donors (Lipinski definition) is 1. The van der Waals surface area contributed by atoms with Gasteiger partial charge in [0.05, 0.1) is 22.9 Å². The predicted molar refractivity (Wildman–Crippen MR) is 134 cm³/mol. The van der Waals surface area contributed by atoms with E-state index in [1.54, 1.807) is 48.0 Å². The van der Waals surface area contributed by atoms with Gasteiger partial charge in [-0.05, 0) is 48.9 Å². The summed E-state index contributed by atoms with van der Waals surface area (Å²) in [5.41, 5.74) is 3.74. The van der Waals surface area contributed by atoms with Gasteiger partial charge in [-0.25, -0.2) is 4.98 Å². The van der Waals surface area contributed by atoms with Crippen molar-refractivity contribution in [3.05, 3.63) is 63.5 Å². The van der Waals surface area contributed by atoms with Crippen LogP contribution in [0.3, 0.4) is 0 Å². The van der Waals surface area contributed by atoms with Crippen molar-refractivity contribution in [2.75, 3.05) is 25.5 Å². The zero-order chi connectivity index (χ0) is 22.2. The Morgan fingerprint density at radius 1 is 1.25 bits per heavy atom. The first-order chi connectivity index (χ1) is 15.6. The van der Waals surface area contributed by atoms with Gasteiger partial charge >= 0.3 is 0 Å². The molecule has 164 valence electrons. The van der Waals surface area contributed by atoms with Gasteiger partial charge in [-0.3, -0.25) is 9.69 Å². The van der Waals surface area contributed by atoms with E-state index in [9.17, 15) is 4.79 Å². The van der Waals surface area contributed by atoms with Gasteiger partial charge < -0.3 is 10.1 Å². The number of benzene rings is 2. The smallest absolute Gasteiger partial charge is 0.260 e. The molecule has 0 aliphatic carbocycles. The van der Waals surface area contributed by atoms with Crippen LogP contribution in [-0.2, 0) is 13.0 Å². The lowest BCUT2D eigenvalue weighted by Crippen LogP contribution is -2.29. The summed E-state index contributed by atoms with van der Waals surface area (Å²) in [5.74, 6) is 0.254. The van der Waals surface area contributed by atoms with Crippen LogP contribution in [0.4, 0.5) is 5.00 Å². The number of rotatable bonds is 5. The van der Waals surface area contributed by atoms with E-state index in [0.717, 1.165) is 51.8 Å². The third-order valence-electron chi connectivity index (χ3n) is 5.72. The van der Waals surface area contributed by atoms with Crippen LogP contribution in [0.15, 0.2) is 42.5 Å². The Hall–Kier alpha value is -2.45. The Morgan fingerprint density at radius 2 is 2.09 bits per heavy atom. The molecule has 0 radical (unpaired) electrons. The van der Waals surface area contributed by atoms with Crippen molar-refractivity contribution in [3.8, 4) is 16.3 Å². The Labute approximate surface area is 199 Å². The maximum absolute atomic E-state index is 13.3. The summed E-state index contributed by atoms with van der Waals surface area (Å²) < 4.78 is 6.53. The van der Waals surface area contributed by atoms with E-state index in [1.165, 1.54) is 10.4 Å². The second kappa shape index (κ2) is 8.83. The Morgan fingerprint density at radius 3 is 2.88 bits per heavy atom. The largest absolute Gasteiger partial charge is 0.496 e. The fraction of sp³-hybridized carbons (Fsp3) is 0.250. The number of hydrogen-bond acceptors (Lipinski definition) is 6. The highest BCUT2D eigenvalue weighted by molar-refractivity contribution is 7.23. The number of thiazole rings is 1. The minimum Gasteiger partial charge on any atom is -0.496 e. The molecule has 1 aliphatic heterocycles. The van der Waals surface area contributed by atoms with Crippen LogP contribution >= 0.6 is 34.3 Å². The van der Waals surface area contributed by atoms with Gasteiger partial charge in [0.25, 0.3) is 5.91 Å². The number of nitrogens with zero attached hydrogens (tertiary/aromatic N) is 2. The number of carbonyl (C=O) groups is 1. The lowest BCUT2D eigenvalue weighted by Gasteiger charge is -2.25. The summed E-state index contributed by atoms with van der Waals surface area (Å²) in [5, 5.41) is 5.42. The molecule has 0 saturated carbocycles. The number of halogens is 1. The van der Waals surface area contributed by atoms with Crippen LogP contribution in [0.25, 0.3) is 20.8 Å². The third-order valence-corrected chi connectivity index (χ3v) is 8.15. The summed E-state index contributed by atoms with van der Waals surface area (Å²) in [6.07, 6.45) is 0.946. The van der Waals surface area contributed by atoms with Gasteiger partial charge in [0.2, 0.25) is 0 Å². The number of para-hydroxylation sites is 1. The molecule has 0 bridgehead atoms. The summed E-state index contributed by atoms with van der Waals surface area (Å²) >= 11 is 9.47. The standard InChI is InChI=1S/C24H22ClN3O2S2/c1-3-28-11-10-15-20(13-28)32-24(21(15)23-26-17-6-4-5-7-19(17)31-23)27-22(29)16-12-14(25)8-9-18(16)30-2/h4-9,12H,3,10-11,13H2,1-2H3,(H,27,29). The number of fused-ring (bicyclic) bond motifs is 2. The lowest BCUT2D eigenvalue weighted by atomic mass is 10.0. The second-order valence-electron chi connectivity index (χ2n) is 7.61. The number of anilines is 1. The molecule has 0 saturated heterocycles. The molecule has 8 heteroatoms. The first kappa shape index (κ1) is 21.4. The number of aromatic nitrogens is 1. The average molecular weight is 484 g/mol. The molecule has 5 nitrogen and oxygen atoms in total. The molecule has 32 heavy (non-hydrogen) atoms. The Balaban J connectivity index is 1.59. The molecule has 1 N–H and O–H groups in total. The van der Waals surface area contributed by atoms with Crippen LogP contribution in [-0.4, -0.2) is 36.0 Å². The summed E-state index contributed by atoms with van der Waals surface area (Å²) in [7, 11) is 1.55. The zero-order valence-electron chi connectivity index (χ0n) is 17.8. The summed E-state index contributed by atoms with van der Waals surface area (Å²) in [6, 6.07) is 13.2. The molecule has 0 atom stereocenters. The molecule has 1 aliphatic rings. The minimum atomic E-state index is -0.238. The van der Waals surface area contributed by atoms with Crippen LogP contribution in [0.1, 0.15) is 27.7 Å². The molecule has 0 fully saturated rings. The number of amides is 1. The maximum atomic E-state index is 13.3. The van der Waals surface area contributed by atoms with E-state index >= 15 is 0 Å². The van der Waals surface area contributed by atoms with Crippen molar-refractivity contribution in [2.24, 2.45) is 0 Å². The summed E-state index contributed by atoms with van der Waals surface area (Å²) in [4.78, 5) is 21.9. The fourth-order valence-corrected chi connectivity index (χ4v) is 6.62. The van der Waals surface area contributed by atoms with Crippen molar-refractivity contribution in [1.29, 1.82) is 0 Å². The number of thiophene rings is 1. The van der Waals surface area contributed by atoms with Crippen LogP contribution < -0.4 is 10.1 Å². The minimum absolute atomic E-state index is 0.238. The van der Waals surface area contributed by atoms with E-state index in [2.05, 4.69) is 23.2 Å². The SMILES string of the molecule is CCN1CCc2c(sc(NC(=O)c3cc(Cl)ccc3OC)c2-c2nc3ccccc3s2)C1. The average Bonchev–Trinajstić information content (AvgIpc) is 3.38. The number of nitrogens with one attached hydrogen (secondary N) is 1. The predicted octanol–water partition coefficient (Wildman–Crippen LogP) is 6.32. The lowest BCUT2D eigenvalue weighted by molar-refractivity contribution is 0.102. The van der Waals surface area contributed by atoms with Crippen molar-refractivity contribution in [2.45, 2.75) is 19.9 Å². The van der Waals surface area contributed by atoms with E-state index < -0.39 is 0 Å². The van der Waals surface area contributed by atoms with Gasteiger partial charge in [0, 0.05) is 28.6 Å². The van der Waals surface area contributed by atoms with Gasteiger partial charge in [-0.2, -0.15) is 0 Å². The van der Waals surface area contributed by atoms with Crippen molar-refractivity contribution < 1.29 is 9.53 Å². The highest BCUT2D eigenvalue weighted by Crippen LogP contribution is 2.46. The first-order valence-corrected chi connectivity index (χ1v) is 12.5. The topological polar surface area (TPSA) is 54.5 Å². The maximum Gasteiger partial charge on any atom is 0.260 e. The number of carbonyl (C=O) groups excluding carboxylic acids is 1. The molecule has 1 amide bonds. The molecule has 0 spiro atoms. The molecule has 5 rings (SSSR count). The van der Waals surface area contributed by atoms with Gasteiger partial charge in [-0.1, -0.05) is 30.7 Å². The number of ether oxygens (including phenoxy) is 1. The van der Waals surface area contributed by atoms with Crippen LogP contribution in [0, 0.1) is 0 Å². The third kappa shape index (κ3) is 3.90. The molecule has 0 unspecified atom stereocenters. The van der Waals surface area contributed by atoms with Gasteiger partial charge in [0.15, 0.2) is 0 Å². The Bertz CT molecular complexity index is 1280. The first-order valence-electron chi connectivity index (χ1n) is 10.4. The Kier molecular flexibility index (Phi) is 5.90. The van der Waals surface area contributed by atoms with Crippen molar-refractivity contribution in [1.82, 2.24) is 9.88 Å². The highest BCUT2D eigenvalue weighted by atomic mass is 35.5. The monoisotopic (exact) mass is 483 g/mol.